The van der Waals surface area contributed by atoms with Crippen LogP contribution in [0.25, 0.3) is 0 Å². The van der Waals surface area contributed by atoms with Gasteiger partial charge in [0.1, 0.15) is 0 Å². The van der Waals surface area contributed by atoms with Crippen molar-refractivity contribution in [2.75, 3.05) is 0 Å². The Balaban J connectivity index is 1.95. The van der Waals surface area contributed by atoms with Crippen molar-refractivity contribution in [1.82, 2.24) is 5.32 Å². The van der Waals surface area contributed by atoms with Gasteiger partial charge < -0.3 is 10.4 Å². The highest BCUT2D eigenvalue weighted by Gasteiger charge is 2.15. The second kappa shape index (κ2) is 7.90. The fourth-order valence-corrected chi connectivity index (χ4v) is 3.20. The van der Waals surface area contributed by atoms with E-state index in [0.717, 1.165) is 11.1 Å². The number of benzene rings is 2. The van der Waals surface area contributed by atoms with Crippen LogP contribution in [-0.2, 0) is 10.0 Å². The molecule has 0 bridgehead atoms. The maximum absolute atomic E-state index is 11.3. The molecule has 0 aliphatic carbocycles. The van der Waals surface area contributed by atoms with Gasteiger partial charge in [-0.15, -0.1) is 0 Å². The predicted molar refractivity (Wildman–Crippen MR) is 94.8 cm³/mol. The first kappa shape index (κ1) is 18.6. The monoisotopic (exact) mass is 348 g/mol. The molecule has 130 valence electrons. The van der Waals surface area contributed by atoms with E-state index >= 15 is 0 Å². The third kappa shape index (κ3) is 5.14. The van der Waals surface area contributed by atoms with Gasteiger partial charge in [-0.2, -0.15) is 0 Å². The molecule has 24 heavy (non-hydrogen) atoms. The molecule has 0 saturated heterocycles. The number of nitrogens with two attached hydrogens (primary N) is 1. The lowest BCUT2D eigenvalue weighted by Crippen LogP contribution is -2.30. The zero-order valence-electron chi connectivity index (χ0n) is 13.9. The van der Waals surface area contributed by atoms with E-state index in [1.807, 2.05) is 44.2 Å². The van der Waals surface area contributed by atoms with Crippen molar-refractivity contribution in [2.24, 2.45) is 5.14 Å². The third-order valence-electron chi connectivity index (χ3n) is 4.00. The van der Waals surface area contributed by atoms with E-state index in [4.69, 9.17) is 5.14 Å². The smallest absolute Gasteiger partial charge is 0.238 e. The summed E-state index contributed by atoms with van der Waals surface area (Å²) in [5.41, 5.74) is 1.86. The molecule has 0 fully saturated rings. The van der Waals surface area contributed by atoms with Gasteiger partial charge >= 0.3 is 0 Å². The van der Waals surface area contributed by atoms with Gasteiger partial charge in [0, 0.05) is 12.1 Å². The zero-order valence-corrected chi connectivity index (χ0v) is 14.7. The predicted octanol–water partition coefficient (Wildman–Crippen LogP) is 2.50. The van der Waals surface area contributed by atoms with Gasteiger partial charge in [-0.3, -0.25) is 0 Å². The molecule has 0 amide bonds. The molecule has 0 aromatic heterocycles. The van der Waals surface area contributed by atoms with Gasteiger partial charge in [-0.05, 0) is 43.5 Å². The van der Waals surface area contributed by atoms with Gasteiger partial charge in [0.05, 0.1) is 11.0 Å². The van der Waals surface area contributed by atoms with E-state index in [0.29, 0.717) is 6.42 Å². The molecule has 2 aromatic rings. The molecule has 4 N–H and O–H groups in total. The fourth-order valence-electron chi connectivity index (χ4n) is 2.68. The molecule has 6 heteroatoms. The molecule has 5 nitrogen and oxygen atoms in total. The first-order valence-corrected chi connectivity index (χ1v) is 9.44. The summed E-state index contributed by atoms with van der Waals surface area (Å²) in [6.07, 6.45) is 0.0644. The fraction of sp³-hybridized carbons (Fsp3) is 0.333. The second-order valence-corrected chi connectivity index (χ2v) is 7.63. The molecule has 0 spiro atoms. The van der Waals surface area contributed by atoms with Gasteiger partial charge in [-0.1, -0.05) is 42.5 Å². The van der Waals surface area contributed by atoms with Crippen LogP contribution in [0.15, 0.2) is 59.5 Å². The summed E-state index contributed by atoms with van der Waals surface area (Å²) in [4.78, 5) is 0.103. The van der Waals surface area contributed by atoms with Crippen molar-refractivity contribution in [3.8, 4) is 0 Å². The highest BCUT2D eigenvalue weighted by molar-refractivity contribution is 7.89. The van der Waals surface area contributed by atoms with Crippen molar-refractivity contribution < 1.29 is 13.5 Å². The standard InChI is InChI=1S/C18H24N2O3S/c1-13(12-18(21)16-6-4-3-5-7-16)20-14(2)15-8-10-17(11-9-15)24(19,22)23/h3-11,13-14,18,20-21H,12H2,1-2H3,(H2,19,22,23). The minimum absolute atomic E-state index is 0.0255. The first-order valence-electron chi connectivity index (χ1n) is 7.89. The van der Waals surface area contributed by atoms with Crippen LogP contribution in [0.3, 0.4) is 0 Å². The molecule has 3 atom stereocenters. The largest absolute Gasteiger partial charge is 0.388 e. The number of aliphatic hydroxyl groups is 1. The lowest BCUT2D eigenvalue weighted by atomic mass is 10.0. The van der Waals surface area contributed by atoms with Crippen molar-refractivity contribution in [3.05, 3.63) is 65.7 Å². The van der Waals surface area contributed by atoms with Crippen LogP contribution in [-0.4, -0.2) is 19.6 Å². The molecule has 0 aliphatic heterocycles. The van der Waals surface area contributed by atoms with Crippen LogP contribution < -0.4 is 10.5 Å². The average Bonchev–Trinajstić information content (AvgIpc) is 2.54. The van der Waals surface area contributed by atoms with E-state index in [9.17, 15) is 13.5 Å². The molecule has 0 radical (unpaired) electrons. The molecule has 0 aliphatic rings. The molecule has 2 aromatic carbocycles. The maximum Gasteiger partial charge on any atom is 0.238 e. The van der Waals surface area contributed by atoms with Crippen LogP contribution in [0.1, 0.15) is 43.5 Å². The Kier molecular flexibility index (Phi) is 6.12. The van der Waals surface area contributed by atoms with Crippen molar-refractivity contribution in [2.45, 2.75) is 43.4 Å². The van der Waals surface area contributed by atoms with Gasteiger partial charge in [0.2, 0.25) is 10.0 Å². The number of rotatable bonds is 7. The quantitative estimate of drug-likeness (QED) is 0.717. The lowest BCUT2D eigenvalue weighted by molar-refractivity contribution is 0.152. The van der Waals surface area contributed by atoms with E-state index in [2.05, 4.69) is 5.32 Å². The number of nitrogens with one attached hydrogen (secondary N) is 1. The Morgan fingerprint density at radius 1 is 1.00 bits per heavy atom. The number of hydrogen-bond acceptors (Lipinski definition) is 4. The van der Waals surface area contributed by atoms with Crippen LogP contribution in [0.2, 0.25) is 0 Å². The van der Waals surface area contributed by atoms with Gasteiger partial charge in [0.25, 0.3) is 0 Å². The van der Waals surface area contributed by atoms with Crippen LogP contribution in [0, 0.1) is 0 Å². The van der Waals surface area contributed by atoms with E-state index in [-0.39, 0.29) is 17.0 Å². The summed E-state index contributed by atoms with van der Waals surface area (Å²) in [6.45, 7) is 4.01. The molecule has 3 unspecified atom stereocenters. The Bertz CT molecular complexity index is 746. The summed E-state index contributed by atoms with van der Waals surface area (Å²) in [7, 11) is -3.67. The summed E-state index contributed by atoms with van der Waals surface area (Å²) >= 11 is 0. The summed E-state index contributed by atoms with van der Waals surface area (Å²) in [6, 6.07) is 16.2. The summed E-state index contributed by atoms with van der Waals surface area (Å²) in [5.74, 6) is 0. The molecular weight excluding hydrogens is 324 g/mol. The van der Waals surface area contributed by atoms with Gasteiger partial charge in [0.15, 0.2) is 0 Å². The topological polar surface area (TPSA) is 92.4 Å². The highest BCUT2D eigenvalue weighted by Crippen LogP contribution is 2.21. The number of primary sulfonamides is 1. The third-order valence-corrected chi connectivity index (χ3v) is 4.93. The molecule has 2 rings (SSSR count). The van der Waals surface area contributed by atoms with E-state index in [1.54, 1.807) is 12.1 Å². The van der Waals surface area contributed by atoms with Crippen LogP contribution in [0.5, 0.6) is 0 Å². The van der Waals surface area contributed by atoms with Crippen LogP contribution in [0.4, 0.5) is 0 Å². The van der Waals surface area contributed by atoms with E-state index in [1.165, 1.54) is 12.1 Å². The van der Waals surface area contributed by atoms with Crippen molar-refractivity contribution in [1.29, 1.82) is 0 Å². The summed E-state index contributed by atoms with van der Waals surface area (Å²) in [5, 5.41) is 18.8. The normalized spacial score (nSPS) is 15.7. The number of sulfonamides is 1. The number of hydrogen-bond donors (Lipinski definition) is 3. The Morgan fingerprint density at radius 2 is 1.58 bits per heavy atom. The van der Waals surface area contributed by atoms with E-state index < -0.39 is 16.1 Å². The number of aliphatic hydroxyl groups excluding tert-OH is 1. The molecule has 0 heterocycles. The van der Waals surface area contributed by atoms with Gasteiger partial charge in [-0.25, -0.2) is 13.6 Å². The average molecular weight is 348 g/mol. The lowest BCUT2D eigenvalue weighted by Gasteiger charge is -2.23. The molecular formula is C18H24N2O3S. The van der Waals surface area contributed by atoms with Crippen molar-refractivity contribution in [3.63, 3.8) is 0 Å². The maximum atomic E-state index is 11.3. The summed E-state index contributed by atoms with van der Waals surface area (Å²) < 4.78 is 22.6. The second-order valence-electron chi connectivity index (χ2n) is 6.07. The first-order chi connectivity index (χ1) is 11.3. The zero-order chi connectivity index (χ0) is 17.7. The Hall–Kier alpha value is -1.73. The van der Waals surface area contributed by atoms with Crippen LogP contribution >= 0.6 is 0 Å². The minimum Gasteiger partial charge on any atom is -0.388 e. The minimum atomic E-state index is -3.67. The Morgan fingerprint density at radius 3 is 2.12 bits per heavy atom. The highest BCUT2D eigenvalue weighted by atomic mass is 32.2. The Labute approximate surface area is 143 Å². The van der Waals surface area contributed by atoms with Crippen molar-refractivity contribution >= 4 is 10.0 Å². The SMILES string of the molecule is CC(CC(O)c1ccccc1)NC(C)c1ccc(S(N)(=O)=O)cc1. The molecule has 0 saturated carbocycles.